The van der Waals surface area contributed by atoms with Gasteiger partial charge in [0.1, 0.15) is 5.82 Å². The molecular weight excluding hydrogens is 265 g/mol. The number of hydrogen-bond acceptors (Lipinski definition) is 2. The molecule has 1 aromatic heterocycles. The zero-order valence-electron chi connectivity index (χ0n) is 12.7. The van der Waals surface area contributed by atoms with E-state index in [9.17, 15) is 4.39 Å². The third-order valence-electron chi connectivity index (χ3n) is 3.99. The van der Waals surface area contributed by atoms with Crippen molar-refractivity contribution in [3.05, 3.63) is 47.0 Å². The third kappa shape index (κ3) is 3.16. The lowest BCUT2D eigenvalue weighted by atomic mass is 10.1. The quantitative estimate of drug-likeness (QED) is 0.882. The topological polar surface area (TPSA) is 29.9 Å². The molecule has 1 fully saturated rings. The maximum atomic E-state index is 13.6. The molecule has 112 valence electrons. The van der Waals surface area contributed by atoms with Crippen LogP contribution in [-0.2, 0) is 19.4 Å². The highest BCUT2D eigenvalue weighted by molar-refractivity contribution is 5.42. The molecule has 3 rings (SSSR count). The van der Waals surface area contributed by atoms with Gasteiger partial charge in [-0.25, -0.2) is 9.07 Å². The van der Waals surface area contributed by atoms with Crippen LogP contribution in [0.3, 0.4) is 0 Å². The molecule has 0 spiro atoms. The van der Waals surface area contributed by atoms with Gasteiger partial charge in [-0.05, 0) is 55.5 Å². The van der Waals surface area contributed by atoms with Gasteiger partial charge in [-0.1, -0.05) is 13.8 Å². The Morgan fingerprint density at radius 1 is 1.24 bits per heavy atom. The molecule has 3 nitrogen and oxygen atoms in total. The van der Waals surface area contributed by atoms with Crippen molar-refractivity contribution in [3.8, 4) is 5.69 Å². The maximum Gasteiger partial charge on any atom is 0.123 e. The number of rotatable bonds is 6. The van der Waals surface area contributed by atoms with Crippen molar-refractivity contribution >= 4 is 0 Å². The summed E-state index contributed by atoms with van der Waals surface area (Å²) in [6.45, 7) is 4.92. The summed E-state index contributed by atoms with van der Waals surface area (Å²) >= 11 is 0. The molecule has 2 aromatic rings. The van der Waals surface area contributed by atoms with Crippen LogP contribution >= 0.6 is 0 Å². The van der Waals surface area contributed by atoms with E-state index >= 15 is 0 Å². The van der Waals surface area contributed by atoms with E-state index in [1.54, 1.807) is 6.07 Å². The van der Waals surface area contributed by atoms with Crippen molar-refractivity contribution < 1.29 is 4.39 Å². The van der Waals surface area contributed by atoms with Crippen LogP contribution in [0.25, 0.3) is 5.69 Å². The second-order valence-electron chi connectivity index (χ2n) is 5.67. The van der Waals surface area contributed by atoms with Crippen molar-refractivity contribution in [1.82, 2.24) is 15.1 Å². The fourth-order valence-corrected chi connectivity index (χ4v) is 2.55. The number of hydrogen-bond donors (Lipinski definition) is 1. The van der Waals surface area contributed by atoms with E-state index in [-0.39, 0.29) is 5.82 Å². The molecule has 0 aliphatic heterocycles. The Bertz CT molecular complexity index is 629. The van der Waals surface area contributed by atoms with Crippen LogP contribution < -0.4 is 5.32 Å². The highest BCUT2D eigenvalue weighted by Crippen LogP contribution is 2.23. The predicted molar refractivity (Wildman–Crippen MR) is 82.1 cm³/mol. The minimum absolute atomic E-state index is 0.188. The number of aryl methyl sites for hydroxylation is 2. The average Bonchev–Trinajstić information content (AvgIpc) is 3.23. The highest BCUT2D eigenvalue weighted by atomic mass is 19.1. The van der Waals surface area contributed by atoms with Crippen molar-refractivity contribution in [3.63, 3.8) is 0 Å². The zero-order valence-corrected chi connectivity index (χ0v) is 12.7. The Morgan fingerprint density at radius 2 is 2.05 bits per heavy atom. The molecule has 1 saturated carbocycles. The Labute approximate surface area is 125 Å². The monoisotopic (exact) mass is 287 g/mol. The van der Waals surface area contributed by atoms with Gasteiger partial charge in [0, 0.05) is 18.3 Å². The average molecular weight is 287 g/mol. The first-order valence-electron chi connectivity index (χ1n) is 7.81. The summed E-state index contributed by atoms with van der Waals surface area (Å²) in [6, 6.07) is 7.72. The van der Waals surface area contributed by atoms with Crippen molar-refractivity contribution in [2.45, 2.75) is 52.1 Å². The van der Waals surface area contributed by atoms with Crippen LogP contribution in [0, 0.1) is 5.82 Å². The van der Waals surface area contributed by atoms with Gasteiger partial charge in [-0.15, -0.1) is 0 Å². The van der Waals surface area contributed by atoms with Crippen LogP contribution in [0.15, 0.2) is 24.3 Å². The van der Waals surface area contributed by atoms with Gasteiger partial charge < -0.3 is 5.32 Å². The van der Waals surface area contributed by atoms with E-state index in [1.807, 2.05) is 10.7 Å². The number of nitrogens with zero attached hydrogens (tertiary/aromatic N) is 2. The van der Waals surface area contributed by atoms with E-state index in [0.29, 0.717) is 12.6 Å². The van der Waals surface area contributed by atoms with Gasteiger partial charge in [0.2, 0.25) is 0 Å². The minimum atomic E-state index is -0.188. The Balaban J connectivity index is 1.97. The van der Waals surface area contributed by atoms with Crippen LogP contribution in [0.5, 0.6) is 0 Å². The lowest BCUT2D eigenvalue weighted by Gasteiger charge is -2.13. The van der Waals surface area contributed by atoms with Gasteiger partial charge in [0.15, 0.2) is 0 Å². The molecule has 1 aromatic carbocycles. The van der Waals surface area contributed by atoms with Crippen LogP contribution in [-0.4, -0.2) is 15.8 Å². The summed E-state index contributed by atoms with van der Waals surface area (Å²) in [5.74, 6) is -0.188. The van der Waals surface area contributed by atoms with E-state index in [2.05, 4.69) is 30.3 Å². The van der Waals surface area contributed by atoms with Crippen molar-refractivity contribution in [1.29, 1.82) is 0 Å². The summed E-state index contributed by atoms with van der Waals surface area (Å²) in [7, 11) is 0. The molecule has 21 heavy (non-hydrogen) atoms. The van der Waals surface area contributed by atoms with E-state index < -0.39 is 0 Å². The molecule has 1 N–H and O–H groups in total. The summed E-state index contributed by atoms with van der Waals surface area (Å²) in [5.41, 5.74) is 4.21. The van der Waals surface area contributed by atoms with Gasteiger partial charge in [-0.3, -0.25) is 0 Å². The summed E-state index contributed by atoms with van der Waals surface area (Å²) < 4.78 is 15.6. The number of halogens is 1. The predicted octanol–water partition coefficient (Wildman–Crippen LogP) is 3.39. The van der Waals surface area contributed by atoms with Gasteiger partial charge in [0.25, 0.3) is 0 Å². The van der Waals surface area contributed by atoms with Crippen molar-refractivity contribution in [2.24, 2.45) is 0 Å². The second kappa shape index (κ2) is 5.98. The summed E-state index contributed by atoms with van der Waals surface area (Å²) in [5, 5.41) is 8.13. The molecule has 0 atom stereocenters. The lowest BCUT2D eigenvalue weighted by Crippen LogP contribution is -2.17. The normalized spacial score (nSPS) is 14.6. The van der Waals surface area contributed by atoms with E-state index in [0.717, 1.165) is 29.8 Å². The van der Waals surface area contributed by atoms with Crippen LogP contribution in [0.2, 0.25) is 0 Å². The molecule has 1 heterocycles. The molecule has 4 heteroatoms. The number of nitrogens with one attached hydrogen (secondary N) is 1. The Kier molecular flexibility index (Phi) is 4.06. The number of benzene rings is 1. The molecular formula is C17H22FN3. The second-order valence-corrected chi connectivity index (χ2v) is 5.67. The standard InChI is InChI=1S/C17H22FN3/c1-3-14-10-16(4-2)21(20-14)17-8-5-13(18)9-12(17)11-19-15-6-7-15/h5,8-10,15,19H,3-4,6-7,11H2,1-2H3. The Morgan fingerprint density at radius 3 is 2.71 bits per heavy atom. The van der Waals surface area contributed by atoms with E-state index in [4.69, 9.17) is 0 Å². The molecule has 1 aliphatic rings. The highest BCUT2D eigenvalue weighted by Gasteiger charge is 2.21. The first-order chi connectivity index (χ1) is 10.2. The minimum Gasteiger partial charge on any atom is -0.310 e. The first kappa shape index (κ1) is 14.3. The fraction of sp³-hybridized carbons (Fsp3) is 0.471. The molecule has 1 aliphatic carbocycles. The van der Waals surface area contributed by atoms with E-state index in [1.165, 1.54) is 24.6 Å². The Hall–Kier alpha value is -1.68. The van der Waals surface area contributed by atoms with Gasteiger partial charge in [0.05, 0.1) is 11.4 Å². The summed E-state index contributed by atoms with van der Waals surface area (Å²) in [6.07, 6.45) is 4.29. The lowest BCUT2D eigenvalue weighted by molar-refractivity contribution is 0.616. The first-order valence-corrected chi connectivity index (χ1v) is 7.81. The molecule has 0 bridgehead atoms. The summed E-state index contributed by atoms with van der Waals surface area (Å²) in [4.78, 5) is 0. The van der Waals surface area contributed by atoms with Crippen molar-refractivity contribution in [2.75, 3.05) is 0 Å². The molecule has 0 saturated heterocycles. The fourth-order valence-electron chi connectivity index (χ4n) is 2.55. The smallest absolute Gasteiger partial charge is 0.123 e. The van der Waals surface area contributed by atoms with Crippen LogP contribution in [0.4, 0.5) is 4.39 Å². The van der Waals surface area contributed by atoms with Crippen LogP contribution in [0.1, 0.15) is 43.6 Å². The third-order valence-corrected chi connectivity index (χ3v) is 3.99. The SMILES string of the molecule is CCc1cc(CC)n(-c2ccc(F)cc2CNC2CC2)n1. The molecule has 0 unspecified atom stereocenters. The number of aromatic nitrogens is 2. The maximum absolute atomic E-state index is 13.6. The molecule has 0 amide bonds. The van der Waals surface area contributed by atoms with Gasteiger partial charge >= 0.3 is 0 Å². The zero-order chi connectivity index (χ0) is 14.8. The van der Waals surface area contributed by atoms with Gasteiger partial charge in [-0.2, -0.15) is 5.10 Å². The largest absolute Gasteiger partial charge is 0.310 e. The molecule has 0 radical (unpaired) electrons.